The summed E-state index contributed by atoms with van der Waals surface area (Å²) in [6, 6.07) is 5.33. The van der Waals surface area contributed by atoms with Crippen molar-refractivity contribution in [1.82, 2.24) is 14.7 Å². The molecule has 1 saturated heterocycles. The summed E-state index contributed by atoms with van der Waals surface area (Å²) in [5, 5.41) is 0. The molecule has 0 saturated carbocycles. The number of esters is 1. The summed E-state index contributed by atoms with van der Waals surface area (Å²) in [5.41, 5.74) is 0.503. The average molecular weight is 387 g/mol. The summed E-state index contributed by atoms with van der Waals surface area (Å²) in [6.07, 6.45) is 0.107. The molecule has 0 aliphatic carbocycles. The van der Waals surface area contributed by atoms with E-state index in [2.05, 4.69) is 0 Å². The van der Waals surface area contributed by atoms with Crippen LogP contribution in [-0.4, -0.2) is 84.1 Å². The zero-order valence-electron chi connectivity index (χ0n) is 15.7. The van der Waals surface area contributed by atoms with Gasteiger partial charge in [0.25, 0.3) is 17.7 Å². The van der Waals surface area contributed by atoms with Crippen molar-refractivity contribution < 1.29 is 28.7 Å². The lowest BCUT2D eigenvalue weighted by molar-refractivity contribution is -0.155. The first-order chi connectivity index (χ1) is 13.3. The smallest absolute Gasteiger partial charge is 0.320 e. The minimum Gasteiger partial charge on any atom is -0.463 e. The van der Waals surface area contributed by atoms with Gasteiger partial charge in [0.15, 0.2) is 0 Å². The Kier molecular flexibility index (Phi) is 5.55. The zero-order chi connectivity index (χ0) is 20.4. The van der Waals surface area contributed by atoms with E-state index in [9.17, 15) is 24.0 Å². The molecule has 0 spiro atoms. The van der Waals surface area contributed by atoms with Gasteiger partial charge in [-0.2, -0.15) is 0 Å². The first-order valence-corrected chi connectivity index (χ1v) is 8.92. The Morgan fingerprint density at radius 2 is 1.71 bits per heavy atom. The van der Waals surface area contributed by atoms with Crippen molar-refractivity contribution in [3.05, 3.63) is 35.4 Å². The highest BCUT2D eigenvalue weighted by Gasteiger charge is 2.46. The number of ether oxygens (including phenoxy) is 1. The number of benzene rings is 1. The lowest BCUT2D eigenvalue weighted by Gasteiger charge is -2.34. The number of hydrogen-bond donors (Lipinski definition) is 0. The highest BCUT2D eigenvalue weighted by Crippen LogP contribution is 2.28. The van der Waals surface area contributed by atoms with Gasteiger partial charge in [-0.05, 0) is 32.6 Å². The molecule has 3 rings (SSSR count). The molecule has 0 N–H and O–H groups in total. The molecule has 2 aliphatic heterocycles. The van der Waals surface area contributed by atoms with Crippen LogP contribution < -0.4 is 0 Å². The van der Waals surface area contributed by atoms with Crippen molar-refractivity contribution in [2.75, 3.05) is 33.8 Å². The molecule has 1 aromatic carbocycles. The fourth-order valence-corrected chi connectivity index (χ4v) is 3.34. The number of piperidine rings is 1. The van der Waals surface area contributed by atoms with Gasteiger partial charge in [-0.1, -0.05) is 12.1 Å². The van der Waals surface area contributed by atoms with Crippen LogP contribution >= 0.6 is 0 Å². The first-order valence-electron chi connectivity index (χ1n) is 8.92. The van der Waals surface area contributed by atoms with Crippen molar-refractivity contribution in [3.8, 4) is 0 Å². The second kappa shape index (κ2) is 7.89. The Bertz CT molecular complexity index is 815. The monoisotopic (exact) mass is 387 g/mol. The summed E-state index contributed by atoms with van der Waals surface area (Å²) in [5.74, 6) is -2.59. The molecule has 9 nitrogen and oxygen atoms in total. The number of hydrogen-bond acceptors (Lipinski definition) is 7. The maximum absolute atomic E-state index is 12.8. The van der Waals surface area contributed by atoms with Crippen LogP contribution in [0.4, 0.5) is 0 Å². The predicted molar refractivity (Wildman–Crippen MR) is 96.2 cm³/mol. The van der Waals surface area contributed by atoms with Gasteiger partial charge in [-0.25, -0.2) is 0 Å². The number of rotatable bonds is 6. The second-order valence-corrected chi connectivity index (χ2v) is 6.92. The summed E-state index contributed by atoms with van der Waals surface area (Å²) in [7, 11) is 3.43. The molecule has 0 aromatic heterocycles. The fourth-order valence-electron chi connectivity index (χ4n) is 3.34. The van der Waals surface area contributed by atoms with Crippen LogP contribution in [0.15, 0.2) is 24.3 Å². The van der Waals surface area contributed by atoms with Gasteiger partial charge in [-0.15, -0.1) is 0 Å². The molecule has 2 aliphatic rings. The van der Waals surface area contributed by atoms with E-state index in [0.29, 0.717) is 0 Å². The number of nitrogens with zero attached hydrogens (tertiary/aromatic N) is 3. The lowest BCUT2D eigenvalue weighted by atomic mass is 10.0. The van der Waals surface area contributed by atoms with Crippen LogP contribution in [0.2, 0.25) is 0 Å². The molecule has 1 fully saturated rings. The predicted octanol–water partition coefficient (Wildman–Crippen LogP) is -0.0950. The normalized spacial score (nSPS) is 19.5. The Labute approximate surface area is 161 Å². The van der Waals surface area contributed by atoms with Crippen molar-refractivity contribution in [2.45, 2.75) is 18.9 Å². The van der Waals surface area contributed by atoms with Crippen LogP contribution in [-0.2, 0) is 19.1 Å². The summed E-state index contributed by atoms with van der Waals surface area (Å²) < 4.78 is 5.03. The standard InChI is InChI=1S/C19H21N3O6/c1-20(2)11-16(24)28-10-9-21-15(23)8-7-14(19(21)27)22-17(25)12-5-3-4-6-13(12)18(22)26/h3-6,14H,7-11H2,1-2H3. The summed E-state index contributed by atoms with van der Waals surface area (Å²) in [4.78, 5) is 65.4. The minimum atomic E-state index is -1.04. The van der Waals surface area contributed by atoms with Gasteiger partial charge in [0.05, 0.1) is 24.2 Å². The maximum atomic E-state index is 12.8. The quantitative estimate of drug-likeness (QED) is 0.496. The van der Waals surface area contributed by atoms with E-state index in [1.807, 2.05) is 0 Å². The number of fused-ring (bicyclic) bond motifs is 1. The van der Waals surface area contributed by atoms with Gasteiger partial charge in [-0.3, -0.25) is 38.7 Å². The van der Waals surface area contributed by atoms with Gasteiger partial charge < -0.3 is 4.74 Å². The Balaban J connectivity index is 1.69. The van der Waals surface area contributed by atoms with Crippen molar-refractivity contribution in [1.29, 1.82) is 0 Å². The molecule has 2 heterocycles. The molecule has 1 atom stereocenters. The van der Waals surface area contributed by atoms with Gasteiger partial charge in [0.1, 0.15) is 12.6 Å². The summed E-state index contributed by atoms with van der Waals surface area (Å²) >= 11 is 0. The molecule has 0 radical (unpaired) electrons. The Morgan fingerprint density at radius 1 is 1.11 bits per heavy atom. The van der Waals surface area contributed by atoms with E-state index in [1.165, 1.54) is 12.1 Å². The number of likely N-dealkylation sites (tertiary alicyclic amines) is 1. The van der Waals surface area contributed by atoms with Gasteiger partial charge in [0.2, 0.25) is 5.91 Å². The zero-order valence-corrected chi connectivity index (χ0v) is 15.7. The van der Waals surface area contributed by atoms with Crippen LogP contribution in [0.5, 0.6) is 0 Å². The topological polar surface area (TPSA) is 104 Å². The lowest BCUT2D eigenvalue weighted by Crippen LogP contribution is -2.56. The molecule has 1 aromatic rings. The van der Waals surface area contributed by atoms with Crippen LogP contribution in [0.1, 0.15) is 33.6 Å². The molecule has 28 heavy (non-hydrogen) atoms. The third-order valence-electron chi connectivity index (χ3n) is 4.64. The highest BCUT2D eigenvalue weighted by atomic mass is 16.5. The first kappa shape index (κ1) is 19.7. The molecular weight excluding hydrogens is 366 g/mol. The van der Waals surface area contributed by atoms with E-state index >= 15 is 0 Å². The number of carbonyl (C=O) groups is 5. The third kappa shape index (κ3) is 3.65. The highest BCUT2D eigenvalue weighted by molar-refractivity contribution is 6.23. The van der Waals surface area contributed by atoms with Crippen LogP contribution in [0.25, 0.3) is 0 Å². The number of imide groups is 2. The van der Waals surface area contributed by atoms with Gasteiger partial charge >= 0.3 is 5.97 Å². The van der Waals surface area contributed by atoms with E-state index in [0.717, 1.165) is 9.80 Å². The SMILES string of the molecule is CN(C)CC(=O)OCCN1C(=O)CCC(N2C(=O)c3ccccc3C2=O)C1=O. The Morgan fingerprint density at radius 3 is 2.29 bits per heavy atom. The molecular formula is C19H21N3O6. The molecule has 1 unspecified atom stereocenters. The molecule has 0 bridgehead atoms. The minimum absolute atomic E-state index is 0.0233. The summed E-state index contributed by atoms with van der Waals surface area (Å²) in [6.45, 7) is -0.172. The maximum Gasteiger partial charge on any atom is 0.320 e. The number of carbonyl (C=O) groups excluding carboxylic acids is 5. The molecule has 9 heteroatoms. The van der Waals surface area contributed by atoms with Crippen LogP contribution in [0.3, 0.4) is 0 Å². The number of amides is 4. The molecule has 4 amide bonds. The second-order valence-electron chi connectivity index (χ2n) is 6.92. The van der Waals surface area contributed by atoms with Crippen LogP contribution in [0, 0.1) is 0 Å². The largest absolute Gasteiger partial charge is 0.463 e. The van der Waals surface area contributed by atoms with Crippen molar-refractivity contribution >= 4 is 29.6 Å². The van der Waals surface area contributed by atoms with Crippen molar-refractivity contribution in [3.63, 3.8) is 0 Å². The molecule has 148 valence electrons. The van der Waals surface area contributed by atoms with E-state index < -0.39 is 35.6 Å². The third-order valence-corrected chi connectivity index (χ3v) is 4.64. The fraction of sp³-hybridized carbons (Fsp3) is 0.421. The van der Waals surface area contributed by atoms with E-state index in [4.69, 9.17) is 4.74 Å². The van der Waals surface area contributed by atoms with E-state index in [-0.39, 0.29) is 43.7 Å². The Hall–Kier alpha value is -3.07. The van der Waals surface area contributed by atoms with E-state index in [1.54, 1.807) is 31.1 Å². The average Bonchev–Trinajstić information content (AvgIpc) is 2.89. The number of likely N-dealkylation sites (N-methyl/N-ethyl adjacent to an activating group) is 1. The van der Waals surface area contributed by atoms with Gasteiger partial charge in [0, 0.05) is 6.42 Å². The van der Waals surface area contributed by atoms with Crippen molar-refractivity contribution in [2.24, 2.45) is 0 Å².